The summed E-state index contributed by atoms with van der Waals surface area (Å²) in [6.45, 7) is 0.918. The first-order valence-corrected chi connectivity index (χ1v) is 7.68. The predicted octanol–water partition coefficient (Wildman–Crippen LogP) is 4.84. The molecule has 1 aromatic heterocycles. The van der Waals surface area contributed by atoms with E-state index in [-0.39, 0.29) is 0 Å². The molecule has 0 aliphatic carbocycles. The fourth-order valence-corrected chi connectivity index (χ4v) is 3.20. The van der Waals surface area contributed by atoms with Crippen molar-refractivity contribution in [3.8, 4) is 11.3 Å². The van der Waals surface area contributed by atoms with E-state index < -0.39 is 0 Å². The summed E-state index contributed by atoms with van der Waals surface area (Å²) < 4.78 is 3.31. The first-order chi connectivity index (χ1) is 10.3. The van der Waals surface area contributed by atoms with Crippen LogP contribution in [0.2, 0.25) is 0 Å². The number of imidazole rings is 1. The zero-order valence-corrected chi connectivity index (χ0v) is 12.9. The molecule has 21 heavy (non-hydrogen) atoms. The highest BCUT2D eigenvalue weighted by Gasteiger charge is 2.20. The lowest BCUT2D eigenvalue weighted by Gasteiger charge is -1.99. The SMILES string of the molecule is Brc1ccccc1C=Cc1ncn2c1-c1ccccc1C2. The number of fused-ring (bicyclic) bond motifs is 3. The number of nitrogens with zero attached hydrogens (tertiary/aromatic N) is 2. The number of benzene rings is 2. The first kappa shape index (κ1) is 12.6. The molecule has 2 heterocycles. The predicted molar refractivity (Wildman–Crippen MR) is 89.8 cm³/mol. The summed E-state index contributed by atoms with van der Waals surface area (Å²) in [4.78, 5) is 4.54. The molecular formula is C18H13BrN2. The van der Waals surface area contributed by atoms with Gasteiger partial charge in [0, 0.05) is 16.6 Å². The van der Waals surface area contributed by atoms with Crippen LogP contribution >= 0.6 is 15.9 Å². The molecular weight excluding hydrogens is 324 g/mol. The molecule has 0 fully saturated rings. The Morgan fingerprint density at radius 3 is 2.71 bits per heavy atom. The van der Waals surface area contributed by atoms with Gasteiger partial charge in [0.05, 0.1) is 17.7 Å². The van der Waals surface area contributed by atoms with Crippen LogP contribution in [0.15, 0.2) is 59.3 Å². The molecule has 0 saturated carbocycles. The molecule has 0 radical (unpaired) electrons. The van der Waals surface area contributed by atoms with Crippen LogP contribution in [0.1, 0.15) is 16.8 Å². The highest BCUT2D eigenvalue weighted by molar-refractivity contribution is 9.10. The van der Waals surface area contributed by atoms with E-state index in [9.17, 15) is 0 Å². The third-order valence-electron chi connectivity index (χ3n) is 3.81. The summed E-state index contributed by atoms with van der Waals surface area (Å²) in [5.74, 6) is 0. The van der Waals surface area contributed by atoms with Crippen LogP contribution in [-0.2, 0) is 6.54 Å². The summed E-state index contributed by atoms with van der Waals surface area (Å²) >= 11 is 3.57. The number of halogens is 1. The van der Waals surface area contributed by atoms with Crippen LogP contribution in [0.3, 0.4) is 0 Å². The van der Waals surface area contributed by atoms with Crippen molar-refractivity contribution in [2.24, 2.45) is 0 Å². The Kier molecular flexibility index (Phi) is 3.00. The summed E-state index contributed by atoms with van der Waals surface area (Å²) in [6, 6.07) is 16.7. The van der Waals surface area contributed by atoms with Gasteiger partial charge >= 0.3 is 0 Å². The van der Waals surface area contributed by atoms with Gasteiger partial charge in [-0.25, -0.2) is 4.98 Å². The van der Waals surface area contributed by atoms with Gasteiger partial charge in [0.1, 0.15) is 0 Å². The lowest BCUT2D eigenvalue weighted by Crippen LogP contribution is -1.88. The highest BCUT2D eigenvalue weighted by Crippen LogP contribution is 2.34. The normalized spacial score (nSPS) is 12.6. The maximum atomic E-state index is 4.54. The van der Waals surface area contributed by atoms with Gasteiger partial charge in [-0.05, 0) is 23.3 Å². The average molecular weight is 337 g/mol. The summed E-state index contributed by atoms with van der Waals surface area (Å²) in [7, 11) is 0. The van der Waals surface area contributed by atoms with Gasteiger partial charge < -0.3 is 4.57 Å². The van der Waals surface area contributed by atoms with E-state index in [0.29, 0.717) is 0 Å². The van der Waals surface area contributed by atoms with Gasteiger partial charge in [-0.15, -0.1) is 0 Å². The van der Waals surface area contributed by atoms with Crippen molar-refractivity contribution in [3.05, 3.63) is 76.2 Å². The Balaban J connectivity index is 1.76. The van der Waals surface area contributed by atoms with E-state index in [1.165, 1.54) is 16.8 Å². The topological polar surface area (TPSA) is 17.8 Å². The lowest BCUT2D eigenvalue weighted by molar-refractivity contribution is 0.840. The molecule has 2 aromatic carbocycles. The summed E-state index contributed by atoms with van der Waals surface area (Å²) in [6.07, 6.45) is 6.12. The Labute approximate surface area is 131 Å². The van der Waals surface area contributed by atoms with Gasteiger partial charge in [-0.1, -0.05) is 64.5 Å². The minimum atomic E-state index is 0.918. The van der Waals surface area contributed by atoms with Gasteiger partial charge in [0.15, 0.2) is 0 Å². The van der Waals surface area contributed by atoms with Gasteiger partial charge in [0.2, 0.25) is 0 Å². The smallest absolute Gasteiger partial charge is 0.0961 e. The second kappa shape index (κ2) is 5.01. The maximum absolute atomic E-state index is 4.54. The summed E-state index contributed by atoms with van der Waals surface area (Å²) in [5, 5.41) is 0. The fraction of sp³-hybridized carbons (Fsp3) is 0.0556. The second-order valence-corrected chi connectivity index (χ2v) is 5.97. The number of hydrogen-bond acceptors (Lipinski definition) is 1. The van der Waals surface area contributed by atoms with Crippen molar-refractivity contribution in [1.82, 2.24) is 9.55 Å². The zero-order chi connectivity index (χ0) is 14.2. The quantitative estimate of drug-likeness (QED) is 0.512. The molecule has 0 N–H and O–H groups in total. The monoisotopic (exact) mass is 336 g/mol. The Bertz CT molecular complexity index is 846. The standard InChI is InChI=1S/C18H13BrN2/c19-16-8-4-2-5-13(16)9-10-17-18-15-7-3-1-6-14(15)11-21(18)12-20-17/h1-10,12H,11H2. The molecule has 1 aliphatic rings. The molecule has 3 heteroatoms. The van der Waals surface area contributed by atoms with E-state index in [4.69, 9.17) is 0 Å². The molecule has 102 valence electrons. The fourth-order valence-electron chi connectivity index (χ4n) is 2.78. The van der Waals surface area contributed by atoms with Gasteiger partial charge in [0.25, 0.3) is 0 Å². The molecule has 4 rings (SSSR count). The molecule has 1 aliphatic heterocycles. The number of aromatic nitrogens is 2. The molecule has 0 atom stereocenters. The van der Waals surface area contributed by atoms with E-state index in [1.807, 2.05) is 24.5 Å². The van der Waals surface area contributed by atoms with Crippen LogP contribution in [0.4, 0.5) is 0 Å². The number of rotatable bonds is 2. The lowest BCUT2D eigenvalue weighted by atomic mass is 10.1. The molecule has 0 unspecified atom stereocenters. The van der Waals surface area contributed by atoms with E-state index in [0.717, 1.165) is 22.3 Å². The Morgan fingerprint density at radius 2 is 1.81 bits per heavy atom. The average Bonchev–Trinajstić information content (AvgIpc) is 3.05. The summed E-state index contributed by atoms with van der Waals surface area (Å²) in [5.41, 5.74) is 6.06. The van der Waals surface area contributed by atoms with Gasteiger partial charge in [-0.2, -0.15) is 0 Å². The maximum Gasteiger partial charge on any atom is 0.0961 e. The van der Waals surface area contributed by atoms with Crippen LogP contribution in [0, 0.1) is 0 Å². The molecule has 0 bridgehead atoms. The number of hydrogen-bond donors (Lipinski definition) is 0. The molecule has 2 nitrogen and oxygen atoms in total. The molecule has 3 aromatic rings. The van der Waals surface area contributed by atoms with Crippen LogP contribution in [0.25, 0.3) is 23.4 Å². The largest absolute Gasteiger partial charge is 0.326 e. The third kappa shape index (κ3) is 2.14. The van der Waals surface area contributed by atoms with E-state index >= 15 is 0 Å². The third-order valence-corrected chi connectivity index (χ3v) is 4.53. The zero-order valence-electron chi connectivity index (χ0n) is 11.3. The Hall–Kier alpha value is -2.13. The second-order valence-electron chi connectivity index (χ2n) is 5.12. The highest BCUT2D eigenvalue weighted by atomic mass is 79.9. The van der Waals surface area contributed by atoms with E-state index in [1.54, 1.807) is 0 Å². The van der Waals surface area contributed by atoms with Crippen molar-refractivity contribution < 1.29 is 0 Å². The van der Waals surface area contributed by atoms with Crippen LogP contribution < -0.4 is 0 Å². The first-order valence-electron chi connectivity index (χ1n) is 6.89. The van der Waals surface area contributed by atoms with Crippen molar-refractivity contribution in [2.75, 3.05) is 0 Å². The van der Waals surface area contributed by atoms with Crippen LogP contribution in [0.5, 0.6) is 0 Å². The van der Waals surface area contributed by atoms with Crippen molar-refractivity contribution >= 4 is 28.1 Å². The minimum absolute atomic E-state index is 0.918. The minimum Gasteiger partial charge on any atom is -0.326 e. The van der Waals surface area contributed by atoms with E-state index in [2.05, 4.69) is 68.0 Å². The Morgan fingerprint density at radius 1 is 1.00 bits per heavy atom. The molecule has 0 saturated heterocycles. The molecule has 0 spiro atoms. The molecule has 0 amide bonds. The van der Waals surface area contributed by atoms with Crippen LogP contribution in [-0.4, -0.2) is 9.55 Å². The van der Waals surface area contributed by atoms with Gasteiger partial charge in [-0.3, -0.25) is 0 Å². The van der Waals surface area contributed by atoms with Crippen molar-refractivity contribution in [1.29, 1.82) is 0 Å². The van der Waals surface area contributed by atoms with Crippen molar-refractivity contribution in [2.45, 2.75) is 6.54 Å². The van der Waals surface area contributed by atoms with Crippen molar-refractivity contribution in [3.63, 3.8) is 0 Å².